The lowest BCUT2D eigenvalue weighted by Crippen LogP contribution is -2.39. The maximum Gasteiger partial charge on any atom is 0.239 e. The van der Waals surface area contributed by atoms with Crippen LogP contribution in [0.15, 0.2) is 0 Å². The second-order valence-corrected chi connectivity index (χ2v) is 7.05. The Balaban J connectivity index is 2.09. The van der Waals surface area contributed by atoms with Crippen LogP contribution in [0.2, 0.25) is 0 Å². The monoisotopic (exact) mass is 346 g/mol. The first-order chi connectivity index (χ1) is 12.0. The van der Waals surface area contributed by atoms with Crippen molar-refractivity contribution in [3.8, 4) is 6.07 Å². The lowest BCUT2D eigenvalue weighted by atomic mass is 9.99. The molecule has 1 N–H and O–H groups in total. The molecule has 1 aliphatic heterocycles. The summed E-state index contributed by atoms with van der Waals surface area (Å²) in [5.41, 5.74) is 2.52. The number of ether oxygens (including phenoxy) is 1. The van der Waals surface area contributed by atoms with Gasteiger partial charge in [0.15, 0.2) is 0 Å². The molecule has 0 aliphatic carbocycles. The van der Waals surface area contributed by atoms with Crippen LogP contribution in [-0.4, -0.2) is 48.7 Å². The van der Waals surface area contributed by atoms with Gasteiger partial charge in [-0.25, -0.2) is 0 Å². The Morgan fingerprint density at radius 2 is 2.04 bits per heavy atom. The van der Waals surface area contributed by atoms with E-state index in [1.165, 1.54) is 0 Å². The van der Waals surface area contributed by atoms with Gasteiger partial charge in [0.2, 0.25) is 5.91 Å². The number of amides is 1. The number of anilines is 1. The summed E-state index contributed by atoms with van der Waals surface area (Å²) in [4.78, 5) is 14.7. The van der Waals surface area contributed by atoms with Crippen molar-refractivity contribution >= 4 is 11.7 Å². The molecule has 0 aromatic carbocycles. The number of piperidine rings is 1. The Bertz CT molecular complexity index is 637. The third-order valence-electron chi connectivity index (χ3n) is 5.17. The van der Waals surface area contributed by atoms with Crippen molar-refractivity contribution in [2.24, 2.45) is 5.92 Å². The highest BCUT2D eigenvalue weighted by Gasteiger charge is 2.22. The Kier molecular flexibility index (Phi) is 7.03. The highest BCUT2D eigenvalue weighted by Crippen LogP contribution is 2.26. The molecule has 6 nitrogen and oxygen atoms in total. The van der Waals surface area contributed by atoms with Gasteiger partial charge in [-0.2, -0.15) is 5.26 Å². The minimum absolute atomic E-state index is 0.0449. The van der Waals surface area contributed by atoms with Crippen molar-refractivity contribution in [1.82, 2.24) is 9.47 Å². The van der Waals surface area contributed by atoms with Gasteiger partial charge in [0.25, 0.3) is 0 Å². The fourth-order valence-electron chi connectivity index (χ4n) is 3.37. The van der Waals surface area contributed by atoms with Gasteiger partial charge in [-0.15, -0.1) is 0 Å². The number of nitrogens with zero attached hydrogens (tertiary/aromatic N) is 3. The molecule has 1 amide bonds. The number of carbonyl (C=O) groups excluding carboxylic acids is 1. The van der Waals surface area contributed by atoms with Crippen molar-refractivity contribution in [1.29, 1.82) is 5.26 Å². The average molecular weight is 346 g/mol. The van der Waals surface area contributed by atoms with E-state index in [1.807, 2.05) is 18.4 Å². The van der Waals surface area contributed by atoms with Crippen LogP contribution in [0.4, 0.5) is 5.82 Å². The number of likely N-dealkylation sites (tertiary alicyclic amines) is 1. The molecule has 0 atom stereocenters. The first kappa shape index (κ1) is 19.5. The smallest absolute Gasteiger partial charge is 0.239 e. The van der Waals surface area contributed by atoms with Gasteiger partial charge in [-0.05, 0) is 57.7 Å². The molecule has 0 spiro atoms. The van der Waals surface area contributed by atoms with Crippen LogP contribution in [0.1, 0.15) is 43.0 Å². The van der Waals surface area contributed by atoms with Gasteiger partial charge in [0, 0.05) is 26.0 Å². The predicted molar refractivity (Wildman–Crippen MR) is 98.6 cm³/mol. The van der Waals surface area contributed by atoms with E-state index < -0.39 is 0 Å². The van der Waals surface area contributed by atoms with E-state index in [0.29, 0.717) is 24.5 Å². The molecule has 0 bridgehead atoms. The molecule has 1 saturated heterocycles. The van der Waals surface area contributed by atoms with Gasteiger partial charge in [-0.1, -0.05) is 6.92 Å². The molecule has 1 fully saturated rings. The van der Waals surface area contributed by atoms with Gasteiger partial charge < -0.3 is 14.6 Å². The molecule has 2 heterocycles. The fraction of sp³-hybridized carbons (Fsp3) is 0.684. The van der Waals surface area contributed by atoms with Crippen molar-refractivity contribution in [2.45, 2.75) is 46.6 Å². The van der Waals surface area contributed by atoms with E-state index in [1.54, 1.807) is 7.11 Å². The Morgan fingerprint density at radius 1 is 1.36 bits per heavy atom. The zero-order valence-electron chi connectivity index (χ0n) is 15.9. The number of aromatic nitrogens is 1. The standard InChI is InChI=1S/C19H30N4O2/c1-14-6-9-22(10-7-14)13-18(24)21-19-17(12-20)15(2)16(3)23(19)8-5-11-25-4/h14H,5-11,13H2,1-4H3,(H,21,24). The van der Waals surface area contributed by atoms with Crippen LogP contribution in [-0.2, 0) is 16.1 Å². The maximum absolute atomic E-state index is 12.5. The molecule has 1 aromatic rings. The molecule has 0 saturated carbocycles. The molecule has 25 heavy (non-hydrogen) atoms. The molecule has 1 aliphatic rings. The number of nitriles is 1. The second-order valence-electron chi connectivity index (χ2n) is 7.05. The highest BCUT2D eigenvalue weighted by molar-refractivity contribution is 5.93. The first-order valence-corrected chi connectivity index (χ1v) is 9.08. The number of nitrogens with one attached hydrogen (secondary N) is 1. The summed E-state index contributed by atoms with van der Waals surface area (Å²) in [5, 5.41) is 12.5. The van der Waals surface area contributed by atoms with Crippen molar-refractivity contribution < 1.29 is 9.53 Å². The van der Waals surface area contributed by atoms with Gasteiger partial charge in [-0.3, -0.25) is 9.69 Å². The molecule has 1 aromatic heterocycles. The Hall–Kier alpha value is -1.84. The summed E-state index contributed by atoms with van der Waals surface area (Å²) in [7, 11) is 1.68. The van der Waals surface area contributed by atoms with Crippen LogP contribution in [0.5, 0.6) is 0 Å². The summed E-state index contributed by atoms with van der Waals surface area (Å²) < 4.78 is 7.16. The second kappa shape index (κ2) is 9.02. The SMILES string of the molecule is COCCCn1c(C)c(C)c(C#N)c1NC(=O)CN1CCC(C)CC1. The summed E-state index contributed by atoms with van der Waals surface area (Å²) in [6, 6.07) is 2.25. The van der Waals surface area contributed by atoms with Crippen LogP contribution < -0.4 is 5.32 Å². The van der Waals surface area contributed by atoms with Crippen molar-refractivity contribution in [3.05, 3.63) is 16.8 Å². The first-order valence-electron chi connectivity index (χ1n) is 9.08. The van der Waals surface area contributed by atoms with E-state index in [-0.39, 0.29) is 5.91 Å². The minimum atomic E-state index is -0.0449. The lowest BCUT2D eigenvalue weighted by molar-refractivity contribution is -0.117. The van der Waals surface area contributed by atoms with Crippen LogP contribution in [0.3, 0.4) is 0 Å². The third-order valence-corrected chi connectivity index (χ3v) is 5.17. The maximum atomic E-state index is 12.5. The fourth-order valence-corrected chi connectivity index (χ4v) is 3.37. The molecular formula is C19H30N4O2. The molecular weight excluding hydrogens is 316 g/mol. The minimum Gasteiger partial charge on any atom is -0.385 e. The topological polar surface area (TPSA) is 70.3 Å². The number of hydrogen-bond donors (Lipinski definition) is 1. The largest absolute Gasteiger partial charge is 0.385 e. The van der Waals surface area contributed by atoms with E-state index in [4.69, 9.17) is 4.74 Å². The third kappa shape index (κ3) is 4.83. The Labute approximate surface area is 150 Å². The summed E-state index contributed by atoms with van der Waals surface area (Å²) in [6.45, 7) is 9.87. The van der Waals surface area contributed by atoms with E-state index in [2.05, 4.69) is 23.2 Å². The summed E-state index contributed by atoms with van der Waals surface area (Å²) >= 11 is 0. The molecule has 0 radical (unpaired) electrons. The van der Waals surface area contributed by atoms with E-state index in [0.717, 1.165) is 56.1 Å². The van der Waals surface area contributed by atoms with Gasteiger partial charge >= 0.3 is 0 Å². The molecule has 138 valence electrons. The zero-order valence-corrected chi connectivity index (χ0v) is 15.9. The summed E-state index contributed by atoms with van der Waals surface area (Å²) in [5.74, 6) is 1.33. The molecule has 0 unspecified atom stereocenters. The van der Waals surface area contributed by atoms with Crippen LogP contribution >= 0.6 is 0 Å². The van der Waals surface area contributed by atoms with Gasteiger partial charge in [0.05, 0.1) is 12.1 Å². The average Bonchev–Trinajstić information content (AvgIpc) is 2.81. The number of methoxy groups -OCH3 is 1. The normalized spacial score (nSPS) is 16.0. The predicted octanol–water partition coefficient (Wildman–Crippen LogP) is 2.68. The van der Waals surface area contributed by atoms with Crippen LogP contribution in [0, 0.1) is 31.1 Å². The van der Waals surface area contributed by atoms with Crippen molar-refractivity contribution in [2.75, 3.05) is 38.7 Å². The lowest BCUT2D eigenvalue weighted by Gasteiger charge is -2.29. The number of hydrogen-bond acceptors (Lipinski definition) is 4. The summed E-state index contributed by atoms with van der Waals surface area (Å²) in [6.07, 6.45) is 3.12. The van der Waals surface area contributed by atoms with Crippen LogP contribution in [0.25, 0.3) is 0 Å². The molecule has 2 rings (SSSR count). The highest BCUT2D eigenvalue weighted by atomic mass is 16.5. The molecule has 6 heteroatoms. The van der Waals surface area contributed by atoms with Crippen molar-refractivity contribution in [3.63, 3.8) is 0 Å². The van der Waals surface area contributed by atoms with Gasteiger partial charge in [0.1, 0.15) is 11.9 Å². The zero-order chi connectivity index (χ0) is 18.4. The van der Waals surface area contributed by atoms with E-state index >= 15 is 0 Å². The quantitative estimate of drug-likeness (QED) is 0.771. The number of rotatable bonds is 7. The Morgan fingerprint density at radius 3 is 2.64 bits per heavy atom. The van der Waals surface area contributed by atoms with E-state index in [9.17, 15) is 10.1 Å². The number of carbonyl (C=O) groups is 1.